The van der Waals surface area contributed by atoms with E-state index in [2.05, 4.69) is 4.98 Å². The summed E-state index contributed by atoms with van der Waals surface area (Å²) >= 11 is 6.16. The molecular weight excluding hydrogens is 318 g/mol. The molecule has 2 aliphatic rings. The molecule has 1 atom stereocenters. The van der Waals surface area contributed by atoms with Crippen molar-refractivity contribution in [1.82, 2.24) is 9.55 Å². The van der Waals surface area contributed by atoms with E-state index < -0.39 is 12.0 Å². The van der Waals surface area contributed by atoms with Gasteiger partial charge >= 0.3 is 5.97 Å². The highest BCUT2D eigenvalue weighted by atomic mass is 35.5. The van der Waals surface area contributed by atoms with Crippen molar-refractivity contribution in [2.75, 3.05) is 6.61 Å². The predicted molar refractivity (Wildman–Crippen MR) is 83.3 cm³/mol. The first-order valence-electron chi connectivity index (χ1n) is 7.57. The highest BCUT2D eigenvalue weighted by molar-refractivity contribution is 6.33. The highest BCUT2D eigenvalue weighted by Gasteiger charge is 2.42. The molecule has 0 bridgehead atoms. The van der Waals surface area contributed by atoms with Crippen LogP contribution in [0.5, 0.6) is 0 Å². The lowest BCUT2D eigenvalue weighted by Gasteiger charge is -2.18. The van der Waals surface area contributed by atoms with Gasteiger partial charge in [-0.05, 0) is 30.9 Å². The number of nitrogens with zero attached hydrogens (tertiary/aromatic N) is 3. The van der Waals surface area contributed by atoms with Gasteiger partial charge in [0.25, 0.3) is 5.69 Å². The first kappa shape index (κ1) is 14.4. The molecule has 1 aromatic heterocycles. The fourth-order valence-electron chi connectivity index (χ4n) is 2.87. The molecule has 2 heterocycles. The van der Waals surface area contributed by atoms with E-state index in [0.717, 1.165) is 17.6 Å². The lowest BCUT2D eigenvalue weighted by Crippen LogP contribution is -2.23. The second-order valence-electron chi connectivity index (χ2n) is 6.00. The molecule has 2 aromatic rings. The van der Waals surface area contributed by atoms with Crippen molar-refractivity contribution in [3.8, 4) is 5.69 Å². The second kappa shape index (κ2) is 5.16. The minimum atomic E-state index is -0.576. The molecule has 6 nitrogen and oxygen atoms in total. The van der Waals surface area contributed by atoms with Crippen molar-refractivity contribution in [3.63, 3.8) is 0 Å². The van der Waals surface area contributed by atoms with E-state index in [1.165, 1.54) is 0 Å². The average molecular weight is 333 g/mol. The summed E-state index contributed by atoms with van der Waals surface area (Å²) in [6, 6.07) is 4.64. The maximum atomic E-state index is 12.6. The number of rotatable bonds is 3. The highest BCUT2D eigenvalue weighted by Crippen LogP contribution is 2.42. The Morgan fingerprint density at radius 1 is 1.48 bits per heavy atom. The number of fused-ring (bicyclic) bond motifs is 3. The van der Waals surface area contributed by atoms with Gasteiger partial charge in [-0.1, -0.05) is 17.7 Å². The predicted octanol–water partition coefficient (Wildman–Crippen LogP) is 3.58. The third-order valence-electron chi connectivity index (χ3n) is 4.34. The van der Waals surface area contributed by atoms with Crippen LogP contribution in [0.1, 0.15) is 42.0 Å². The smallest absolute Gasteiger partial charge is 0.359 e. The van der Waals surface area contributed by atoms with Crippen LogP contribution in [0.3, 0.4) is 0 Å². The Hall–Kier alpha value is -2.21. The van der Waals surface area contributed by atoms with Crippen LogP contribution >= 0.6 is 11.6 Å². The Kier molecular flexibility index (Phi) is 3.23. The maximum Gasteiger partial charge on any atom is 0.359 e. The summed E-state index contributed by atoms with van der Waals surface area (Å²) in [4.78, 5) is 29.1. The van der Waals surface area contributed by atoms with E-state index in [1.54, 1.807) is 36.0 Å². The van der Waals surface area contributed by atoms with E-state index in [0.29, 0.717) is 34.6 Å². The number of esters is 1. The second-order valence-corrected chi connectivity index (χ2v) is 6.41. The molecular formula is C16H15ClN3O3+. The van der Waals surface area contributed by atoms with Crippen molar-refractivity contribution in [2.45, 2.75) is 25.8 Å². The van der Waals surface area contributed by atoms with E-state index in [-0.39, 0.29) is 5.69 Å². The summed E-state index contributed by atoms with van der Waals surface area (Å²) in [5, 5.41) is 0.376. The molecule has 1 fully saturated rings. The van der Waals surface area contributed by atoms with Crippen LogP contribution in [0.4, 0.5) is 5.69 Å². The quantitative estimate of drug-likeness (QED) is 0.636. The van der Waals surface area contributed by atoms with Crippen LogP contribution in [0.2, 0.25) is 5.02 Å². The molecule has 7 heteroatoms. The number of hydrogen-bond acceptors (Lipinski definition) is 4. The zero-order chi connectivity index (χ0) is 16.1. The van der Waals surface area contributed by atoms with Crippen LogP contribution < -0.4 is 0 Å². The normalized spacial score (nSPS) is 19.2. The maximum absolute atomic E-state index is 12.6. The van der Waals surface area contributed by atoms with Crippen molar-refractivity contribution in [3.05, 3.63) is 45.8 Å². The number of carbonyl (C=O) groups excluding carboxylic acids is 1. The summed E-state index contributed by atoms with van der Waals surface area (Å²) in [5.41, 5.74) is 1.75. The number of benzene rings is 1. The van der Waals surface area contributed by atoms with Gasteiger partial charge in [0, 0.05) is 16.6 Å². The molecule has 0 spiro atoms. The van der Waals surface area contributed by atoms with Crippen LogP contribution in [0, 0.1) is 10.8 Å². The molecule has 1 aliphatic carbocycles. The standard InChI is InChI=1S/C16H15ClN3O3/c1-9-14-13(16(21)23-7-10-5-6-10)18-8-19(14)12-4-2-3-11(17)15(12)20(9)22/h2-4,8-10H,5-7H2,1H3/q+1. The van der Waals surface area contributed by atoms with Gasteiger partial charge in [-0.3, -0.25) is 4.57 Å². The Bertz CT molecular complexity index is 826. The van der Waals surface area contributed by atoms with Gasteiger partial charge < -0.3 is 4.74 Å². The van der Waals surface area contributed by atoms with E-state index in [1.807, 2.05) is 0 Å². The Morgan fingerprint density at radius 3 is 3.00 bits per heavy atom. The topological polar surface area (TPSA) is 64.2 Å². The molecule has 0 amide bonds. The molecule has 4 rings (SSSR count). The molecule has 0 N–H and O–H groups in total. The van der Waals surface area contributed by atoms with Crippen LogP contribution in [-0.2, 0) is 4.74 Å². The SMILES string of the molecule is CC1c2c(C(=O)OCC3CC3)ncn2-c2cccc(Cl)c2[N+]1=O. The minimum absolute atomic E-state index is 0.199. The molecule has 23 heavy (non-hydrogen) atoms. The number of aromatic nitrogens is 2. The molecule has 0 radical (unpaired) electrons. The molecule has 1 unspecified atom stereocenters. The van der Waals surface area contributed by atoms with Crippen LogP contribution in [-0.4, -0.2) is 26.9 Å². The molecule has 1 aromatic carbocycles. The van der Waals surface area contributed by atoms with Gasteiger partial charge in [-0.25, -0.2) is 9.78 Å². The van der Waals surface area contributed by atoms with Gasteiger partial charge in [-0.2, -0.15) is 0 Å². The Labute approximate surface area is 137 Å². The Morgan fingerprint density at radius 2 is 2.26 bits per heavy atom. The van der Waals surface area contributed by atoms with Gasteiger partial charge in [0.15, 0.2) is 5.69 Å². The van der Waals surface area contributed by atoms with Crippen LogP contribution in [0.25, 0.3) is 5.69 Å². The van der Waals surface area contributed by atoms with Crippen molar-refractivity contribution < 1.29 is 14.3 Å². The van der Waals surface area contributed by atoms with Crippen LogP contribution in [0.15, 0.2) is 24.5 Å². The van der Waals surface area contributed by atoms with Crippen molar-refractivity contribution in [1.29, 1.82) is 0 Å². The fraction of sp³-hybridized carbons (Fsp3) is 0.375. The Balaban J connectivity index is 1.77. The van der Waals surface area contributed by atoms with E-state index in [4.69, 9.17) is 16.3 Å². The summed E-state index contributed by atoms with van der Waals surface area (Å²) < 4.78 is 7.88. The minimum Gasteiger partial charge on any atom is -0.461 e. The zero-order valence-electron chi connectivity index (χ0n) is 12.5. The lowest BCUT2D eigenvalue weighted by molar-refractivity contribution is -0.511. The number of para-hydroxylation sites is 1. The van der Waals surface area contributed by atoms with Gasteiger partial charge in [0.2, 0.25) is 6.04 Å². The summed E-state index contributed by atoms with van der Waals surface area (Å²) in [5.74, 6) is 0.00160. The monoisotopic (exact) mass is 332 g/mol. The zero-order valence-corrected chi connectivity index (χ0v) is 13.3. The number of halogens is 1. The number of hydrogen-bond donors (Lipinski definition) is 0. The molecule has 118 valence electrons. The third kappa shape index (κ3) is 2.25. The number of carbonyl (C=O) groups is 1. The molecule has 1 saturated carbocycles. The number of nitroso groups, excluding NO2 is 1. The van der Waals surface area contributed by atoms with Crippen molar-refractivity contribution in [2.24, 2.45) is 5.92 Å². The molecule has 0 saturated heterocycles. The van der Waals surface area contributed by atoms with E-state index >= 15 is 0 Å². The largest absolute Gasteiger partial charge is 0.461 e. The molecule has 1 aliphatic heterocycles. The average Bonchev–Trinajstić information content (AvgIpc) is 3.26. The number of imidazole rings is 1. The summed E-state index contributed by atoms with van der Waals surface area (Å²) in [6.07, 6.45) is 3.75. The van der Waals surface area contributed by atoms with E-state index in [9.17, 15) is 9.70 Å². The number of ether oxygens (including phenoxy) is 1. The summed E-state index contributed by atoms with van der Waals surface area (Å²) in [7, 11) is 0. The lowest BCUT2D eigenvalue weighted by atomic mass is 10.1. The first-order valence-corrected chi connectivity index (χ1v) is 7.95. The summed E-state index contributed by atoms with van der Waals surface area (Å²) in [6.45, 7) is 2.15. The third-order valence-corrected chi connectivity index (χ3v) is 4.64. The van der Waals surface area contributed by atoms with Gasteiger partial charge in [0.05, 0.1) is 6.61 Å². The van der Waals surface area contributed by atoms with Crippen molar-refractivity contribution >= 4 is 23.3 Å². The fourth-order valence-corrected chi connectivity index (χ4v) is 3.13. The van der Waals surface area contributed by atoms with Gasteiger partial charge in [-0.15, -0.1) is 0 Å². The first-order chi connectivity index (χ1) is 11.1. The van der Waals surface area contributed by atoms with Gasteiger partial charge in [0.1, 0.15) is 22.7 Å².